The molecule has 4 rings (SSSR count). The van der Waals surface area contributed by atoms with Crippen molar-refractivity contribution in [2.45, 2.75) is 57.8 Å². The van der Waals surface area contributed by atoms with Gasteiger partial charge >= 0.3 is 0 Å². The summed E-state index contributed by atoms with van der Waals surface area (Å²) in [5, 5.41) is 5.46. The fourth-order valence-electron chi connectivity index (χ4n) is 4.23. The second kappa shape index (κ2) is 12.9. The number of benzene rings is 1. The van der Waals surface area contributed by atoms with E-state index >= 15 is 0 Å². The average Bonchev–Trinajstić information content (AvgIpc) is 3.30. The van der Waals surface area contributed by atoms with Crippen molar-refractivity contribution in [3.05, 3.63) is 54.2 Å². The Hall–Kier alpha value is -2.71. The maximum absolute atomic E-state index is 13.9. The van der Waals surface area contributed by atoms with Crippen LogP contribution in [0.4, 0.5) is 10.2 Å². The van der Waals surface area contributed by atoms with Crippen LogP contribution in [-0.4, -0.2) is 68.9 Å². The Kier molecular flexibility index (Phi) is 9.73. The first kappa shape index (κ1) is 30.3. The minimum atomic E-state index is -1.22. The fourth-order valence-corrected chi connectivity index (χ4v) is 5.74. The predicted octanol–water partition coefficient (Wildman–Crippen LogP) is 6.02. The van der Waals surface area contributed by atoms with Gasteiger partial charge in [-0.15, -0.1) is 0 Å². The van der Waals surface area contributed by atoms with Crippen LogP contribution in [-0.2, 0) is 15.9 Å². The Balaban J connectivity index is 1.70. The van der Waals surface area contributed by atoms with E-state index in [1.54, 1.807) is 18.5 Å². The van der Waals surface area contributed by atoms with E-state index < -0.39 is 16.1 Å². The topological polar surface area (TPSA) is 90.8 Å². The summed E-state index contributed by atoms with van der Waals surface area (Å²) in [6, 6.07) is 10.7. The Morgan fingerprint density at radius 2 is 1.60 bits per heavy atom. The van der Waals surface area contributed by atoms with Crippen LogP contribution >= 0.6 is 0 Å². The molecule has 216 valence electrons. The molecule has 0 amide bonds. The molecule has 0 atom stereocenters. The van der Waals surface area contributed by atoms with E-state index in [1.807, 2.05) is 16.6 Å². The van der Waals surface area contributed by atoms with Crippen LogP contribution in [0, 0.1) is 5.82 Å². The van der Waals surface area contributed by atoms with Gasteiger partial charge in [0.2, 0.25) is 0 Å². The van der Waals surface area contributed by atoms with Crippen LogP contribution in [0.25, 0.3) is 27.7 Å². The van der Waals surface area contributed by atoms with Crippen molar-refractivity contribution < 1.29 is 13.9 Å². The van der Waals surface area contributed by atoms with Crippen LogP contribution in [0.3, 0.4) is 0 Å². The van der Waals surface area contributed by atoms with Gasteiger partial charge in [-0.05, 0) is 42.9 Å². The van der Waals surface area contributed by atoms with Crippen molar-refractivity contribution in [2.75, 3.05) is 38.1 Å². The number of anilines is 1. The molecule has 0 aliphatic heterocycles. The molecule has 0 saturated heterocycles. The first-order chi connectivity index (χ1) is 18.9. The minimum absolute atomic E-state index is 0.296. The molecular weight excluding hydrogens is 540 g/mol. The Morgan fingerprint density at radius 3 is 2.23 bits per heavy atom. The summed E-state index contributed by atoms with van der Waals surface area (Å²) in [4.78, 5) is 11.5. The highest BCUT2D eigenvalue weighted by molar-refractivity contribution is 6.76. The van der Waals surface area contributed by atoms with E-state index in [1.165, 1.54) is 12.1 Å². The summed E-state index contributed by atoms with van der Waals surface area (Å²) in [6.45, 7) is 16.7. The molecule has 4 aromatic rings. The number of pyridine rings is 1. The van der Waals surface area contributed by atoms with Gasteiger partial charge in [-0.2, -0.15) is 9.61 Å². The molecule has 0 aliphatic carbocycles. The molecule has 0 aliphatic rings. The standard InChI is InChI=1S/C29H43FN6O2Si2/c1-39(2,3)13-11-37-20-35(21-38-12-14-40(4,5)6)28-17-25(9-10-31)34-29-26(19-33-36(28)29)23-15-22-16-24(30)7-8-27(22)32-18-23/h7-8,15-19H,9-14,20-21,31H2,1-6H3. The third kappa shape index (κ3) is 8.17. The molecule has 40 heavy (non-hydrogen) atoms. The zero-order valence-electron chi connectivity index (χ0n) is 24.7. The lowest BCUT2D eigenvalue weighted by Gasteiger charge is -2.26. The molecule has 0 radical (unpaired) electrons. The van der Waals surface area contributed by atoms with Crippen LogP contribution in [0.5, 0.6) is 0 Å². The summed E-state index contributed by atoms with van der Waals surface area (Å²) in [5.74, 6) is 0.538. The van der Waals surface area contributed by atoms with Gasteiger partial charge in [0.15, 0.2) is 5.65 Å². The van der Waals surface area contributed by atoms with E-state index in [9.17, 15) is 4.39 Å². The number of hydrogen-bond donors (Lipinski definition) is 1. The average molecular weight is 583 g/mol. The van der Waals surface area contributed by atoms with E-state index in [2.05, 4.69) is 49.2 Å². The molecule has 1 aromatic carbocycles. The monoisotopic (exact) mass is 582 g/mol. The Morgan fingerprint density at radius 1 is 0.925 bits per heavy atom. The summed E-state index contributed by atoms with van der Waals surface area (Å²) in [5.41, 5.74) is 9.87. The number of fused-ring (bicyclic) bond motifs is 2. The maximum atomic E-state index is 13.9. The number of halogens is 1. The van der Waals surface area contributed by atoms with Crippen molar-refractivity contribution in [1.82, 2.24) is 19.6 Å². The Bertz CT molecular complexity index is 1410. The zero-order valence-corrected chi connectivity index (χ0v) is 26.7. The van der Waals surface area contributed by atoms with Crippen molar-refractivity contribution in [3.8, 4) is 11.1 Å². The summed E-state index contributed by atoms with van der Waals surface area (Å²) in [6.07, 6.45) is 4.19. The molecule has 0 fully saturated rings. The molecular formula is C29H43FN6O2Si2. The predicted molar refractivity (Wildman–Crippen MR) is 167 cm³/mol. The van der Waals surface area contributed by atoms with Gasteiger partial charge in [-0.1, -0.05) is 39.3 Å². The molecule has 0 bridgehead atoms. The van der Waals surface area contributed by atoms with Gasteiger partial charge < -0.3 is 20.1 Å². The van der Waals surface area contributed by atoms with Crippen LogP contribution in [0.2, 0.25) is 51.4 Å². The van der Waals surface area contributed by atoms with Gasteiger partial charge in [-0.3, -0.25) is 4.98 Å². The van der Waals surface area contributed by atoms with Gasteiger partial charge in [0.05, 0.1) is 11.7 Å². The highest BCUT2D eigenvalue weighted by Gasteiger charge is 2.20. The maximum Gasteiger partial charge on any atom is 0.165 e. The van der Waals surface area contributed by atoms with E-state index in [0.29, 0.717) is 45.3 Å². The smallest absolute Gasteiger partial charge is 0.165 e. The lowest BCUT2D eigenvalue weighted by molar-refractivity contribution is 0.0942. The second-order valence-electron chi connectivity index (χ2n) is 12.7. The molecule has 11 heteroatoms. The zero-order chi connectivity index (χ0) is 28.9. The summed E-state index contributed by atoms with van der Waals surface area (Å²) in [7, 11) is -2.44. The molecule has 3 aromatic heterocycles. The molecule has 0 unspecified atom stereocenters. The number of hydrogen-bond acceptors (Lipinski definition) is 7. The highest BCUT2D eigenvalue weighted by Crippen LogP contribution is 2.29. The molecule has 2 N–H and O–H groups in total. The SMILES string of the molecule is C[Si](C)(C)CCOCN(COCC[Si](C)(C)C)c1cc(CCN)nc2c(-c3cnc4ccc(F)cc4c3)cnn12. The van der Waals surface area contributed by atoms with Gasteiger partial charge in [0, 0.05) is 70.3 Å². The number of aromatic nitrogens is 4. The molecule has 8 nitrogen and oxygen atoms in total. The molecule has 0 saturated carbocycles. The third-order valence-electron chi connectivity index (χ3n) is 6.67. The number of ether oxygens (including phenoxy) is 2. The minimum Gasteiger partial charge on any atom is -0.361 e. The lowest BCUT2D eigenvalue weighted by atomic mass is 10.1. The first-order valence-corrected chi connectivity index (χ1v) is 21.4. The molecule has 3 heterocycles. The largest absolute Gasteiger partial charge is 0.361 e. The highest BCUT2D eigenvalue weighted by atomic mass is 28.3. The van der Waals surface area contributed by atoms with E-state index in [0.717, 1.165) is 45.6 Å². The fraction of sp³-hybridized carbons (Fsp3) is 0.483. The van der Waals surface area contributed by atoms with Crippen molar-refractivity contribution in [1.29, 1.82) is 0 Å². The number of rotatable bonds is 14. The van der Waals surface area contributed by atoms with Gasteiger partial charge in [0.25, 0.3) is 0 Å². The number of nitrogens with zero attached hydrogens (tertiary/aromatic N) is 5. The Labute approximate surface area is 238 Å². The van der Waals surface area contributed by atoms with Gasteiger partial charge in [0.1, 0.15) is 25.1 Å². The first-order valence-electron chi connectivity index (χ1n) is 14.0. The van der Waals surface area contributed by atoms with Crippen LogP contribution in [0.1, 0.15) is 5.69 Å². The van der Waals surface area contributed by atoms with Crippen molar-refractivity contribution >= 4 is 38.5 Å². The number of nitrogens with two attached hydrogens (primary N) is 1. The van der Waals surface area contributed by atoms with E-state index in [4.69, 9.17) is 25.3 Å². The normalized spacial score (nSPS) is 12.5. The second-order valence-corrected chi connectivity index (χ2v) is 24.0. The van der Waals surface area contributed by atoms with Gasteiger partial charge in [-0.25, -0.2) is 9.37 Å². The van der Waals surface area contributed by atoms with Crippen LogP contribution < -0.4 is 10.6 Å². The van der Waals surface area contributed by atoms with E-state index in [-0.39, 0.29) is 5.82 Å². The van der Waals surface area contributed by atoms with Crippen LogP contribution in [0.15, 0.2) is 42.7 Å². The summed E-state index contributed by atoms with van der Waals surface area (Å²) < 4.78 is 28.1. The summed E-state index contributed by atoms with van der Waals surface area (Å²) >= 11 is 0. The third-order valence-corrected chi connectivity index (χ3v) is 10.1. The van der Waals surface area contributed by atoms with Crippen molar-refractivity contribution in [2.24, 2.45) is 5.73 Å². The van der Waals surface area contributed by atoms with Crippen molar-refractivity contribution in [3.63, 3.8) is 0 Å². The lowest BCUT2D eigenvalue weighted by Crippen LogP contribution is -2.33. The molecule has 0 spiro atoms. The quantitative estimate of drug-likeness (QED) is 0.111.